The van der Waals surface area contributed by atoms with Gasteiger partial charge in [0.05, 0.1) is 0 Å². The zero-order valence-electron chi connectivity index (χ0n) is 14.4. The second kappa shape index (κ2) is 8.09. The number of anilines is 2. The standard InChI is InChI=1S/C19H16ClF2N5/c1-12(17(21)22)5-3-6-13(2)18-25-19(15-7-4-10-27(15)26-18)24-14-8-9-23-16(20)11-14/h3-11,17H,2H2,1H3,(H,23,24,25,26)/b6-3-,12-5+. The fraction of sp³-hybridized carbons (Fsp3) is 0.105. The summed E-state index contributed by atoms with van der Waals surface area (Å²) in [5, 5.41) is 7.94. The first-order valence-electron chi connectivity index (χ1n) is 8.00. The molecule has 138 valence electrons. The molecule has 3 aromatic rings. The highest BCUT2D eigenvalue weighted by Gasteiger charge is 2.10. The number of halogens is 3. The summed E-state index contributed by atoms with van der Waals surface area (Å²) in [7, 11) is 0. The molecule has 0 unspecified atom stereocenters. The van der Waals surface area contributed by atoms with Crippen LogP contribution in [0.3, 0.4) is 0 Å². The zero-order chi connectivity index (χ0) is 19.4. The summed E-state index contributed by atoms with van der Waals surface area (Å²) in [6, 6.07) is 7.14. The van der Waals surface area contributed by atoms with Gasteiger partial charge in [0.2, 0.25) is 0 Å². The Hall–Kier alpha value is -3.06. The van der Waals surface area contributed by atoms with Gasteiger partial charge in [0.25, 0.3) is 6.43 Å². The molecule has 1 N–H and O–H groups in total. The van der Waals surface area contributed by atoms with Gasteiger partial charge in [-0.1, -0.05) is 36.4 Å². The highest BCUT2D eigenvalue weighted by molar-refractivity contribution is 6.29. The molecule has 0 aliphatic heterocycles. The third kappa shape index (κ3) is 4.57. The van der Waals surface area contributed by atoms with Crippen LogP contribution in [-0.2, 0) is 0 Å². The van der Waals surface area contributed by atoms with E-state index in [-0.39, 0.29) is 5.57 Å². The highest BCUT2D eigenvalue weighted by Crippen LogP contribution is 2.23. The van der Waals surface area contributed by atoms with Crippen molar-refractivity contribution in [3.05, 3.63) is 78.0 Å². The summed E-state index contributed by atoms with van der Waals surface area (Å²) < 4.78 is 26.7. The van der Waals surface area contributed by atoms with Gasteiger partial charge in [-0.05, 0) is 36.8 Å². The molecule has 0 atom stereocenters. The Morgan fingerprint density at radius 2 is 2.19 bits per heavy atom. The van der Waals surface area contributed by atoms with Crippen LogP contribution in [-0.4, -0.2) is 26.0 Å². The molecule has 0 saturated carbocycles. The molecule has 0 amide bonds. The zero-order valence-corrected chi connectivity index (χ0v) is 15.2. The van der Waals surface area contributed by atoms with Crippen molar-refractivity contribution in [1.82, 2.24) is 19.6 Å². The number of fused-ring (bicyclic) bond motifs is 1. The maximum absolute atomic E-state index is 12.5. The Labute approximate surface area is 159 Å². The van der Waals surface area contributed by atoms with Crippen molar-refractivity contribution in [1.29, 1.82) is 0 Å². The van der Waals surface area contributed by atoms with E-state index in [0.717, 1.165) is 11.2 Å². The van der Waals surface area contributed by atoms with Gasteiger partial charge in [-0.2, -0.15) is 0 Å². The van der Waals surface area contributed by atoms with Gasteiger partial charge in [-0.25, -0.2) is 23.3 Å². The molecule has 0 aromatic carbocycles. The highest BCUT2D eigenvalue weighted by atomic mass is 35.5. The smallest absolute Gasteiger partial charge is 0.259 e. The van der Waals surface area contributed by atoms with Crippen LogP contribution in [0.5, 0.6) is 0 Å². The van der Waals surface area contributed by atoms with Gasteiger partial charge in [0, 0.05) is 23.7 Å². The van der Waals surface area contributed by atoms with E-state index in [1.807, 2.05) is 12.1 Å². The van der Waals surface area contributed by atoms with Gasteiger partial charge < -0.3 is 5.32 Å². The Morgan fingerprint density at radius 3 is 2.93 bits per heavy atom. The molecule has 8 heteroatoms. The van der Waals surface area contributed by atoms with Crippen LogP contribution in [0.4, 0.5) is 20.3 Å². The van der Waals surface area contributed by atoms with Crippen molar-refractivity contribution < 1.29 is 8.78 Å². The minimum absolute atomic E-state index is 0.0299. The fourth-order valence-corrected chi connectivity index (χ4v) is 2.42. The number of pyridine rings is 1. The summed E-state index contributed by atoms with van der Waals surface area (Å²) in [6.07, 6.45) is 5.30. The number of allylic oxidation sites excluding steroid dienone is 5. The lowest BCUT2D eigenvalue weighted by molar-refractivity contribution is 0.190. The number of alkyl halides is 2. The number of hydrogen-bond acceptors (Lipinski definition) is 4. The molecular formula is C19H16ClF2N5. The van der Waals surface area contributed by atoms with E-state index in [2.05, 4.69) is 27.0 Å². The Morgan fingerprint density at radius 1 is 1.37 bits per heavy atom. The first-order valence-corrected chi connectivity index (χ1v) is 8.38. The van der Waals surface area contributed by atoms with E-state index < -0.39 is 6.43 Å². The van der Waals surface area contributed by atoms with Crippen LogP contribution in [0.15, 0.2) is 67.0 Å². The van der Waals surface area contributed by atoms with E-state index in [4.69, 9.17) is 11.6 Å². The van der Waals surface area contributed by atoms with Gasteiger partial charge in [0.15, 0.2) is 11.6 Å². The number of hydrogen-bond donors (Lipinski definition) is 1. The van der Waals surface area contributed by atoms with Gasteiger partial charge >= 0.3 is 0 Å². The fourth-order valence-electron chi connectivity index (χ4n) is 2.24. The quantitative estimate of drug-likeness (QED) is 0.460. The average Bonchev–Trinajstić information content (AvgIpc) is 3.10. The molecule has 0 saturated heterocycles. The maximum atomic E-state index is 12.5. The van der Waals surface area contributed by atoms with Crippen molar-refractivity contribution in [3.63, 3.8) is 0 Å². The topological polar surface area (TPSA) is 55.1 Å². The number of nitrogens with zero attached hydrogens (tertiary/aromatic N) is 4. The molecule has 3 aromatic heterocycles. The predicted molar refractivity (Wildman–Crippen MR) is 103 cm³/mol. The molecule has 27 heavy (non-hydrogen) atoms. The third-order valence-corrected chi connectivity index (χ3v) is 3.87. The normalized spacial score (nSPS) is 12.3. The van der Waals surface area contributed by atoms with Crippen molar-refractivity contribution in [2.45, 2.75) is 13.3 Å². The van der Waals surface area contributed by atoms with Gasteiger partial charge in [0.1, 0.15) is 10.7 Å². The second-order valence-electron chi connectivity index (χ2n) is 5.71. The van der Waals surface area contributed by atoms with E-state index in [0.29, 0.717) is 22.4 Å². The lowest BCUT2D eigenvalue weighted by Gasteiger charge is -2.10. The molecule has 0 aliphatic carbocycles. The molecular weight excluding hydrogens is 372 g/mol. The summed E-state index contributed by atoms with van der Waals surface area (Å²) >= 11 is 5.92. The van der Waals surface area contributed by atoms with Crippen LogP contribution in [0.25, 0.3) is 11.1 Å². The van der Waals surface area contributed by atoms with Gasteiger partial charge in [-0.15, -0.1) is 5.10 Å². The van der Waals surface area contributed by atoms with Crippen LogP contribution >= 0.6 is 11.6 Å². The largest absolute Gasteiger partial charge is 0.338 e. The summed E-state index contributed by atoms with van der Waals surface area (Å²) in [5.41, 5.74) is 1.94. The predicted octanol–water partition coefficient (Wildman–Crippen LogP) is 5.30. The summed E-state index contributed by atoms with van der Waals surface area (Å²) in [4.78, 5) is 8.45. The van der Waals surface area contributed by atoms with Crippen molar-refractivity contribution in [2.75, 3.05) is 5.32 Å². The second-order valence-corrected chi connectivity index (χ2v) is 6.10. The first kappa shape index (κ1) is 18.7. The Bertz CT molecular complexity index is 1040. The number of aromatic nitrogens is 4. The van der Waals surface area contributed by atoms with E-state index in [9.17, 15) is 8.78 Å². The van der Waals surface area contributed by atoms with Crippen molar-refractivity contribution >= 4 is 34.2 Å². The lowest BCUT2D eigenvalue weighted by Crippen LogP contribution is -2.04. The minimum Gasteiger partial charge on any atom is -0.338 e. The molecule has 0 spiro atoms. The molecule has 0 radical (unpaired) electrons. The minimum atomic E-state index is -2.49. The van der Waals surface area contributed by atoms with Crippen molar-refractivity contribution in [3.8, 4) is 0 Å². The van der Waals surface area contributed by atoms with Crippen LogP contribution < -0.4 is 5.32 Å². The summed E-state index contributed by atoms with van der Waals surface area (Å²) in [6.45, 7) is 5.28. The Kier molecular flexibility index (Phi) is 5.61. The average molecular weight is 388 g/mol. The van der Waals surface area contributed by atoms with E-state index >= 15 is 0 Å². The molecule has 0 bridgehead atoms. The molecule has 3 rings (SSSR count). The third-order valence-electron chi connectivity index (χ3n) is 3.67. The number of rotatable bonds is 6. The van der Waals surface area contributed by atoms with Crippen LogP contribution in [0.1, 0.15) is 12.7 Å². The van der Waals surface area contributed by atoms with Crippen molar-refractivity contribution in [2.24, 2.45) is 0 Å². The van der Waals surface area contributed by atoms with Crippen LogP contribution in [0.2, 0.25) is 5.15 Å². The van der Waals surface area contributed by atoms with Gasteiger partial charge in [-0.3, -0.25) is 0 Å². The maximum Gasteiger partial charge on any atom is 0.259 e. The molecule has 3 heterocycles. The molecule has 0 aliphatic rings. The van der Waals surface area contributed by atoms with Crippen LogP contribution in [0, 0.1) is 0 Å². The molecule has 5 nitrogen and oxygen atoms in total. The molecule has 0 fully saturated rings. The van der Waals surface area contributed by atoms with E-state index in [1.165, 1.54) is 19.1 Å². The first-order chi connectivity index (χ1) is 12.9. The number of nitrogens with one attached hydrogen (secondary N) is 1. The van der Waals surface area contributed by atoms with E-state index in [1.54, 1.807) is 35.1 Å². The summed E-state index contributed by atoms with van der Waals surface area (Å²) in [5.74, 6) is 0.918. The lowest BCUT2D eigenvalue weighted by atomic mass is 10.2. The Balaban J connectivity index is 1.92. The SMILES string of the molecule is C=C(/C=C\C=C(/C)C(F)F)c1nc(Nc2ccnc(Cl)c2)c2cccn2n1. The monoisotopic (exact) mass is 387 g/mol.